The molecule has 0 radical (unpaired) electrons. The number of anilines is 1. The van der Waals surface area contributed by atoms with Crippen molar-refractivity contribution in [1.29, 1.82) is 0 Å². The topological polar surface area (TPSA) is 59.4 Å². The quantitative estimate of drug-likeness (QED) is 0.575. The van der Waals surface area contributed by atoms with Gasteiger partial charge >= 0.3 is 0 Å². The van der Waals surface area contributed by atoms with Gasteiger partial charge in [-0.2, -0.15) is 0 Å². The molecular weight excluding hydrogens is 456 g/mol. The molecule has 1 aliphatic rings. The Bertz CT molecular complexity index is 1400. The summed E-state index contributed by atoms with van der Waals surface area (Å²) in [5, 5.41) is 0.608. The summed E-state index contributed by atoms with van der Waals surface area (Å²) in [5.41, 5.74) is 1.94. The molecule has 3 aromatic rings. The molecule has 1 aromatic heterocycles. The Morgan fingerprint density at radius 3 is 2.48 bits per heavy atom. The number of aromatic nitrogens is 1. The van der Waals surface area contributed by atoms with Crippen LogP contribution in [0, 0.1) is 5.41 Å². The number of rotatable bonds is 4. The Hall–Kier alpha value is -2.96. The second-order valence-corrected chi connectivity index (χ2v) is 10.6. The van der Waals surface area contributed by atoms with Crippen molar-refractivity contribution >= 4 is 52.5 Å². The van der Waals surface area contributed by atoms with Crippen molar-refractivity contribution < 1.29 is 9.59 Å². The highest BCUT2D eigenvalue weighted by Gasteiger charge is 2.25. The summed E-state index contributed by atoms with van der Waals surface area (Å²) in [7, 11) is 0. The van der Waals surface area contributed by atoms with Gasteiger partial charge < -0.3 is 4.90 Å². The molecule has 5 nitrogen and oxygen atoms in total. The van der Waals surface area contributed by atoms with Gasteiger partial charge in [0, 0.05) is 28.7 Å². The van der Waals surface area contributed by atoms with E-state index in [9.17, 15) is 14.4 Å². The fourth-order valence-corrected chi connectivity index (χ4v) is 4.82. The molecule has 4 rings (SSSR count). The average Bonchev–Trinajstić information content (AvgIpc) is 3.32. The van der Waals surface area contributed by atoms with Gasteiger partial charge in [-0.25, -0.2) is 0 Å². The van der Waals surface area contributed by atoms with Gasteiger partial charge in [-0.15, -0.1) is 11.3 Å². The highest BCUT2D eigenvalue weighted by atomic mass is 35.5. The van der Waals surface area contributed by atoms with E-state index >= 15 is 0 Å². The lowest BCUT2D eigenvalue weighted by atomic mass is 9.91. The van der Waals surface area contributed by atoms with E-state index in [1.54, 1.807) is 23.1 Å². The zero-order chi connectivity index (χ0) is 23.8. The predicted octanol–water partition coefficient (Wildman–Crippen LogP) is 3.38. The Kier molecular flexibility index (Phi) is 6.41. The molecule has 0 aliphatic carbocycles. The van der Waals surface area contributed by atoms with Gasteiger partial charge in [-0.3, -0.25) is 19.0 Å². The molecule has 0 spiro atoms. The number of amides is 1. The van der Waals surface area contributed by atoms with Crippen molar-refractivity contribution in [3.8, 4) is 0 Å². The van der Waals surface area contributed by atoms with Crippen LogP contribution >= 0.6 is 22.9 Å². The molecule has 0 N–H and O–H groups in total. The van der Waals surface area contributed by atoms with Crippen LogP contribution in [-0.4, -0.2) is 22.8 Å². The zero-order valence-electron chi connectivity index (χ0n) is 18.8. The van der Waals surface area contributed by atoms with E-state index in [0.29, 0.717) is 20.8 Å². The van der Waals surface area contributed by atoms with Gasteiger partial charge in [0.1, 0.15) is 11.2 Å². The third kappa shape index (κ3) is 5.02. The van der Waals surface area contributed by atoms with Gasteiger partial charge in [-0.05, 0) is 41.8 Å². The van der Waals surface area contributed by atoms with E-state index in [1.165, 1.54) is 22.0 Å². The van der Waals surface area contributed by atoms with Crippen molar-refractivity contribution in [2.75, 3.05) is 11.4 Å². The predicted molar refractivity (Wildman–Crippen MR) is 134 cm³/mol. The first-order chi connectivity index (χ1) is 15.6. The molecule has 2 aromatic carbocycles. The van der Waals surface area contributed by atoms with E-state index in [1.807, 2.05) is 57.2 Å². The first-order valence-corrected chi connectivity index (χ1v) is 11.9. The standard InChI is InChI=1S/C26H25ClN2O3S/c1-26(2,3)22(30)15-24-29(16-23(31)28-13-12-18-6-4-5-7-20(18)28)25(32)21(33-24)14-17-8-10-19(27)11-9-17/h4-11,14-15H,12-13,16H2,1-3H3/b21-14+,24-15-. The summed E-state index contributed by atoms with van der Waals surface area (Å²) in [6, 6.07) is 15.0. The van der Waals surface area contributed by atoms with Crippen LogP contribution in [0.5, 0.6) is 0 Å². The van der Waals surface area contributed by atoms with Crippen molar-refractivity contribution in [2.24, 2.45) is 5.41 Å². The molecule has 1 amide bonds. The first kappa shape index (κ1) is 23.2. The highest BCUT2D eigenvalue weighted by molar-refractivity contribution is 7.07. The summed E-state index contributed by atoms with van der Waals surface area (Å²) >= 11 is 7.18. The number of benzene rings is 2. The number of ketones is 1. The molecule has 7 heteroatoms. The summed E-state index contributed by atoms with van der Waals surface area (Å²) < 4.78 is 2.35. The minimum Gasteiger partial charge on any atom is -0.310 e. The maximum Gasteiger partial charge on any atom is 0.269 e. The third-order valence-corrected chi connectivity index (χ3v) is 6.89. The molecule has 0 atom stereocenters. The van der Waals surface area contributed by atoms with Crippen LogP contribution in [-0.2, 0) is 22.6 Å². The van der Waals surface area contributed by atoms with E-state index in [2.05, 4.69) is 0 Å². The molecule has 0 saturated heterocycles. The molecule has 1 aliphatic heterocycles. The fourth-order valence-electron chi connectivity index (χ4n) is 3.65. The Morgan fingerprint density at radius 2 is 1.79 bits per heavy atom. The number of hydrogen-bond acceptors (Lipinski definition) is 4. The van der Waals surface area contributed by atoms with Crippen LogP contribution in [0.4, 0.5) is 5.69 Å². The summed E-state index contributed by atoms with van der Waals surface area (Å²) in [5.74, 6) is -0.273. The summed E-state index contributed by atoms with van der Waals surface area (Å²) in [4.78, 5) is 41.0. The fraction of sp³-hybridized carbons (Fsp3) is 0.269. The van der Waals surface area contributed by atoms with Crippen LogP contribution in [0.3, 0.4) is 0 Å². The van der Waals surface area contributed by atoms with E-state index in [-0.39, 0.29) is 23.8 Å². The lowest BCUT2D eigenvalue weighted by molar-refractivity contribution is -0.120. The number of nitrogens with zero attached hydrogens (tertiary/aromatic N) is 2. The Balaban J connectivity index is 1.77. The van der Waals surface area contributed by atoms with Crippen molar-refractivity contribution in [3.05, 3.63) is 84.2 Å². The molecule has 170 valence electrons. The van der Waals surface area contributed by atoms with Crippen LogP contribution in [0.25, 0.3) is 12.2 Å². The van der Waals surface area contributed by atoms with E-state index in [0.717, 1.165) is 23.2 Å². The van der Waals surface area contributed by atoms with Crippen molar-refractivity contribution in [2.45, 2.75) is 33.7 Å². The maximum absolute atomic E-state index is 13.3. The maximum atomic E-state index is 13.3. The monoisotopic (exact) mass is 480 g/mol. The molecule has 0 unspecified atom stereocenters. The Labute approximate surface area is 201 Å². The number of para-hydroxylation sites is 1. The van der Waals surface area contributed by atoms with Gasteiger partial charge in [0.05, 0.1) is 4.53 Å². The van der Waals surface area contributed by atoms with Crippen LogP contribution in [0.1, 0.15) is 31.9 Å². The third-order valence-electron chi connectivity index (χ3n) is 5.58. The van der Waals surface area contributed by atoms with Crippen molar-refractivity contribution in [1.82, 2.24) is 4.57 Å². The van der Waals surface area contributed by atoms with Crippen LogP contribution in [0.2, 0.25) is 5.02 Å². The average molecular weight is 481 g/mol. The molecule has 0 fully saturated rings. The number of hydrogen-bond donors (Lipinski definition) is 0. The number of carbonyl (C=O) groups excluding carboxylic acids is 2. The second-order valence-electron chi connectivity index (χ2n) is 9.07. The molecule has 0 bridgehead atoms. The van der Waals surface area contributed by atoms with E-state index in [4.69, 9.17) is 11.6 Å². The normalized spacial score (nSPS) is 14.6. The zero-order valence-corrected chi connectivity index (χ0v) is 20.4. The number of Topliss-reactive ketones (excluding diaryl/α,β-unsaturated/α-hetero) is 1. The van der Waals surface area contributed by atoms with Gasteiger partial charge in [0.15, 0.2) is 5.78 Å². The molecule has 0 saturated carbocycles. The number of carbonyl (C=O) groups is 2. The lowest BCUT2D eigenvalue weighted by Crippen LogP contribution is -2.40. The molecular formula is C26H25ClN2O3S. The van der Waals surface area contributed by atoms with Crippen LogP contribution < -0.4 is 19.7 Å². The summed E-state index contributed by atoms with van der Waals surface area (Å²) in [6.07, 6.45) is 4.03. The van der Waals surface area contributed by atoms with E-state index < -0.39 is 5.41 Å². The number of thiazole rings is 1. The second kappa shape index (κ2) is 9.12. The Morgan fingerprint density at radius 1 is 1.09 bits per heavy atom. The van der Waals surface area contributed by atoms with Crippen molar-refractivity contribution in [3.63, 3.8) is 0 Å². The smallest absolute Gasteiger partial charge is 0.269 e. The number of fused-ring (bicyclic) bond motifs is 1. The minimum atomic E-state index is -0.594. The number of halogens is 1. The minimum absolute atomic E-state index is 0.102. The van der Waals surface area contributed by atoms with Crippen LogP contribution in [0.15, 0.2) is 53.3 Å². The lowest BCUT2D eigenvalue weighted by Gasteiger charge is -2.17. The highest BCUT2D eigenvalue weighted by Crippen LogP contribution is 2.27. The SMILES string of the molecule is CC(C)(C)C(=O)/C=c1\s/c(=C/c2ccc(Cl)cc2)c(=O)n1CC(=O)N1CCc2ccccc21. The molecule has 33 heavy (non-hydrogen) atoms. The molecule has 2 heterocycles. The largest absolute Gasteiger partial charge is 0.310 e. The first-order valence-electron chi connectivity index (χ1n) is 10.7. The summed E-state index contributed by atoms with van der Waals surface area (Å²) in [6.45, 7) is 5.95. The van der Waals surface area contributed by atoms with Gasteiger partial charge in [0.25, 0.3) is 5.56 Å². The van der Waals surface area contributed by atoms with Gasteiger partial charge in [0.2, 0.25) is 5.91 Å². The van der Waals surface area contributed by atoms with Gasteiger partial charge in [-0.1, -0.05) is 62.7 Å².